The standard InChI is InChI=1S/C26H22/c1-17-11-14-25(23-15-12-19-7-3-5-9-21(19)23)26(18(17)2)24-16-13-20-8-4-6-10-22(20)24/h3-16,23-24H,1-2H3. The maximum absolute atomic E-state index is 2.38. The third-order valence-corrected chi connectivity index (χ3v) is 6.06. The Hall–Kier alpha value is -2.86. The fraction of sp³-hybridized carbons (Fsp3) is 0.154. The normalized spacial score (nSPS) is 19.6. The van der Waals surface area contributed by atoms with Gasteiger partial charge in [-0.1, -0.05) is 85.0 Å². The van der Waals surface area contributed by atoms with Crippen LogP contribution in [-0.2, 0) is 0 Å². The second-order valence-corrected chi connectivity index (χ2v) is 7.44. The number of allylic oxidation sites excluding steroid dienone is 2. The van der Waals surface area contributed by atoms with Crippen LogP contribution in [0.25, 0.3) is 12.2 Å². The summed E-state index contributed by atoms with van der Waals surface area (Å²) in [6.45, 7) is 4.51. The Morgan fingerprint density at radius 3 is 1.85 bits per heavy atom. The second kappa shape index (κ2) is 5.85. The molecule has 0 amide bonds. The zero-order chi connectivity index (χ0) is 17.7. The highest BCUT2D eigenvalue weighted by Crippen LogP contribution is 2.44. The van der Waals surface area contributed by atoms with Crippen LogP contribution in [0.1, 0.15) is 56.3 Å². The van der Waals surface area contributed by atoms with Gasteiger partial charge in [-0.3, -0.25) is 0 Å². The van der Waals surface area contributed by atoms with E-state index in [2.05, 4.69) is 98.8 Å². The van der Waals surface area contributed by atoms with Crippen LogP contribution in [0.5, 0.6) is 0 Å². The summed E-state index contributed by atoms with van der Waals surface area (Å²) in [5, 5.41) is 0. The maximum Gasteiger partial charge on any atom is 0.0284 e. The molecule has 3 aromatic carbocycles. The molecular formula is C26H22. The molecule has 0 radical (unpaired) electrons. The van der Waals surface area contributed by atoms with Gasteiger partial charge in [-0.05, 0) is 58.4 Å². The van der Waals surface area contributed by atoms with E-state index in [1.54, 1.807) is 0 Å². The molecule has 5 rings (SSSR count). The lowest BCUT2D eigenvalue weighted by Crippen LogP contribution is -2.08. The fourth-order valence-corrected chi connectivity index (χ4v) is 4.56. The Kier molecular flexibility index (Phi) is 3.46. The molecule has 0 saturated heterocycles. The summed E-state index contributed by atoms with van der Waals surface area (Å²) in [7, 11) is 0. The van der Waals surface area contributed by atoms with E-state index in [-0.39, 0.29) is 0 Å². The molecule has 0 heteroatoms. The molecule has 2 aliphatic carbocycles. The molecule has 0 heterocycles. The molecule has 0 saturated carbocycles. The lowest BCUT2D eigenvalue weighted by molar-refractivity contribution is 0.936. The molecule has 0 aromatic heterocycles. The summed E-state index contributed by atoms with van der Waals surface area (Å²) >= 11 is 0. The van der Waals surface area contributed by atoms with Crippen molar-refractivity contribution in [3.63, 3.8) is 0 Å². The van der Waals surface area contributed by atoms with Gasteiger partial charge in [-0.25, -0.2) is 0 Å². The van der Waals surface area contributed by atoms with Gasteiger partial charge in [0.15, 0.2) is 0 Å². The van der Waals surface area contributed by atoms with Crippen molar-refractivity contribution in [2.75, 3.05) is 0 Å². The van der Waals surface area contributed by atoms with Crippen molar-refractivity contribution in [1.29, 1.82) is 0 Å². The fourth-order valence-electron chi connectivity index (χ4n) is 4.56. The van der Waals surface area contributed by atoms with Gasteiger partial charge in [-0.2, -0.15) is 0 Å². The molecule has 26 heavy (non-hydrogen) atoms. The minimum atomic E-state index is 0.349. The first kappa shape index (κ1) is 15.4. The van der Waals surface area contributed by atoms with Gasteiger partial charge in [0, 0.05) is 11.8 Å². The topological polar surface area (TPSA) is 0 Å². The molecule has 2 atom stereocenters. The minimum absolute atomic E-state index is 0.349. The molecule has 0 spiro atoms. The van der Waals surface area contributed by atoms with E-state index in [1.165, 1.54) is 44.5 Å². The minimum Gasteiger partial charge on any atom is -0.0720 e. The van der Waals surface area contributed by atoms with Crippen molar-refractivity contribution < 1.29 is 0 Å². The van der Waals surface area contributed by atoms with Crippen molar-refractivity contribution in [3.8, 4) is 0 Å². The number of aryl methyl sites for hydroxylation is 1. The molecule has 0 bridgehead atoms. The summed E-state index contributed by atoms with van der Waals surface area (Å²) in [5.74, 6) is 0.698. The van der Waals surface area contributed by atoms with Crippen molar-refractivity contribution in [1.82, 2.24) is 0 Å². The number of fused-ring (bicyclic) bond motifs is 2. The van der Waals surface area contributed by atoms with Gasteiger partial charge in [0.25, 0.3) is 0 Å². The van der Waals surface area contributed by atoms with Gasteiger partial charge >= 0.3 is 0 Å². The summed E-state index contributed by atoms with van der Waals surface area (Å²) < 4.78 is 0. The molecule has 0 fully saturated rings. The average Bonchev–Trinajstić information content (AvgIpc) is 3.28. The quantitative estimate of drug-likeness (QED) is 0.494. The summed E-state index contributed by atoms with van der Waals surface area (Å²) in [4.78, 5) is 0. The van der Waals surface area contributed by atoms with Crippen molar-refractivity contribution in [2.45, 2.75) is 25.7 Å². The Balaban J connectivity index is 1.71. The third-order valence-electron chi connectivity index (χ3n) is 6.06. The summed E-state index contributed by atoms with van der Waals surface area (Å²) in [5.41, 5.74) is 11.3. The molecule has 3 aromatic rings. The molecule has 2 aliphatic rings. The van der Waals surface area contributed by atoms with Crippen LogP contribution in [0.2, 0.25) is 0 Å². The van der Waals surface area contributed by atoms with Crippen LogP contribution in [0, 0.1) is 13.8 Å². The second-order valence-electron chi connectivity index (χ2n) is 7.44. The SMILES string of the molecule is Cc1ccc(C2C=Cc3ccccc32)c(C2C=Cc3ccccc32)c1C. The zero-order valence-corrected chi connectivity index (χ0v) is 15.2. The van der Waals surface area contributed by atoms with Crippen molar-refractivity contribution in [2.24, 2.45) is 0 Å². The van der Waals surface area contributed by atoms with Gasteiger partial charge < -0.3 is 0 Å². The molecule has 0 N–H and O–H groups in total. The van der Waals surface area contributed by atoms with Gasteiger partial charge in [0.05, 0.1) is 0 Å². The van der Waals surface area contributed by atoms with Crippen LogP contribution in [0.15, 0.2) is 72.8 Å². The molecule has 2 unspecified atom stereocenters. The van der Waals surface area contributed by atoms with E-state index in [1.807, 2.05) is 0 Å². The highest BCUT2D eigenvalue weighted by molar-refractivity contribution is 5.70. The molecule has 0 aliphatic heterocycles. The Labute approximate surface area is 155 Å². The van der Waals surface area contributed by atoms with Crippen molar-refractivity contribution in [3.05, 3.63) is 117 Å². The smallest absolute Gasteiger partial charge is 0.0284 e. The maximum atomic E-state index is 2.38. The Bertz CT molecular complexity index is 1070. The van der Waals surface area contributed by atoms with E-state index < -0.39 is 0 Å². The van der Waals surface area contributed by atoms with E-state index in [9.17, 15) is 0 Å². The Morgan fingerprint density at radius 2 is 1.15 bits per heavy atom. The molecule has 0 nitrogen and oxygen atoms in total. The number of hydrogen-bond donors (Lipinski definition) is 0. The number of hydrogen-bond acceptors (Lipinski definition) is 0. The molecule has 126 valence electrons. The predicted molar refractivity (Wildman–Crippen MR) is 111 cm³/mol. The van der Waals surface area contributed by atoms with Crippen LogP contribution in [-0.4, -0.2) is 0 Å². The first-order chi connectivity index (χ1) is 12.7. The highest BCUT2D eigenvalue weighted by Gasteiger charge is 2.28. The van der Waals surface area contributed by atoms with Gasteiger partial charge in [-0.15, -0.1) is 0 Å². The Morgan fingerprint density at radius 1 is 0.577 bits per heavy atom. The van der Waals surface area contributed by atoms with E-state index in [4.69, 9.17) is 0 Å². The van der Waals surface area contributed by atoms with Gasteiger partial charge in [0.1, 0.15) is 0 Å². The van der Waals surface area contributed by atoms with Crippen LogP contribution < -0.4 is 0 Å². The van der Waals surface area contributed by atoms with E-state index in [0.717, 1.165) is 0 Å². The summed E-state index contributed by atoms with van der Waals surface area (Å²) in [6, 6.07) is 22.2. The number of rotatable bonds is 2. The van der Waals surface area contributed by atoms with Crippen LogP contribution in [0.3, 0.4) is 0 Å². The predicted octanol–water partition coefficient (Wildman–Crippen LogP) is 6.62. The van der Waals surface area contributed by atoms with Crippen LogP contribution in [0.4, 0.5) is 0 Å². The average molecular weight is 334 g/mol. The van der Waals surface area contributed by atoms with Crippen LogP contribution >= 0.6 is 0 Å². The van der Waals surface area contributed by atoms with Crippen molar-refractivity contribution >= 4 is 12.2 Å². The summed E-state index contributed by atoms with van der Waals surface area (Å²) in [6.07, 6.45) is 9.30. The lowest BCUT2D eigenvalue weighted by Gasteiger charge is -2.24. The molecular weight excluding hydrogens is 312 g/mol. The largest absolute Gasteiger partial charge is 0.0720 e. The number of benzene rings is 3. The monoisotopic (exact) mass is 334 g/mol. The first-order valence-electron chi connectivity index (χ1n) is 9.38. The van der Waals surface area contributed by atoms with Gasteiger partial charge in [0.2, 0.25) is 0 Å². The first-order valence-corrected chi connectivity index (χ1v) is 9.38. The third kappa shape index (κ3) is 2.22. The van der Waals surface area contributed by atoms with E-state index in [0.29, 0.717) is 11.8 Å². The van der Waals surface area contributed by atoms with E-state index >= 15 is 0 Å². The zero-order valence-electron chi connectivity index (χ0n) is 15.2. The highest BCUT2D eigenvalue weighted by atomic mass is 14.3. The lowest BCUT2D eigenvalue weighted by atomic mass is 9.79.